The van der Waals surface area contributed by atoms with Gasteiger partial charge in [0.1, 0.15) is 11.4 Å². The number of hydrogen-bond acceptors (Lipinski definition) is 4. The van der Waals surface area contributed by atoms with Crippen molar-refractivity contribution >= 4 is 0 Å². The summed E-state index contributed by atoms with van der Waals surface area (Å²) < 4.78 is 11.0. The molecule has 0 atom stereocenters. The van der Waals surface area contributed by atoms with Crippen LogP contribution in [-0.2, 0) is 6.54 Å². The van der Waals surface area contributed by atoms with Crippen LogP contribution in [0.1, 0.15) is 33.4 Å². The van der Waals surface area contributed by atoms with E-state index in [0.717, 1.165) is 22.8 Å². The van der Waals surface area contributed by atoms with Crippen molar-refractivity contribution in [3.63, 3.8) is 0 Å². The molecule has 0 fully saturated rings. The van der Waals surface area contributed by atoms with Gasteiger partial charge in [0.05, 0.1) is 6.61 Å². The molecule has 1 N–H and O–H groups in total. The van der Waals surface area contributed by atoms with E-state index in [1.54, 1.807) is 0 Å². The van der Waals surface area contributed by atoms with Crippen molar-refractivity contribution in [2.45, 2.75) is 39.8 Å². The van der Waals surface area contributed by atoms with E-state index in [1.165, 1.54) is 6.39 Å². The van der Waals surface area contributed by atoms with E-state index in [4.69, 9.17) is 9.15 Å². The molecule has 0 spiro atoms. The third-order valence-electron chi connectivity index (χ3n) is 2.85. The van der Waals surface area contributed by atoms with Gasteiger partial charge < -0.3 is 14.5 Å². The molecule has 4 heteroatoms. The highest BCUT2D eigenvalue weighted by Gasteiger charge is 2.14. The Hall–Kier alpha value is -1.81. The third kappa shape index (κ3) is 3.84. The van der Waals surface area contributed by atoms with Crippen LogP contribution < -0.4 is 10.1 Å². The van der Waals surface area contributed by atoms with E-state index < -0.39 is 0 Å². The Bertz CT molecular complexity index is 538. The molecule has 1 aromatic heterocycles. The average molecular weight is 274 g/mol. The Balaban J connectivity index is 2.14. The van der Waals surface area contributed by atoms with Crippen LogP contribution >= 0.6 is 0 Å². The van der Waals surface area contributed by atoms with Gasteiger partial charge in [-0.25, -0.2) is 4.98 Å². The summed E-state index contributed by atoms with van der Waals surface area (Å²) in [7, 11) is 0. The predicted molar refractivity (Wildman–Crippen MR) is 79.7 cm³/mol. The molecular formula is C16H22N2O2. The fraction of sp³-hybridized carbons (Fsp3) is 0.438. The van der Waals surface area contributed by atoms with Gasteiger partial charge in [0.15, 0.2) is 12.2 Å². The molecule has 108 valence electrons. The van der Waals surface area contributed by atoms with Gasteiger partial charge in [0, 0.05) is 17.6 Å². The van der Waals surface area contributed by atoms with Crippen molar-refractivity contribution in [1.82, 2.24) is 10.3 Å². The minimum Gasteiger partial charge on any atom is -0.494 e. The molecule has 1 aromatic carbocycles. The molecular weight excluding hydrogens is 252 g/mol. The summed E-state index contributed by atoms with van der Waals surface area (Å²) in [6.07, 6.45) is 1.49. The maximum absolute atomic E-state index is 5.52. The van der Waals surface area contributed by atoms with Crippen molar-refractivity contribution in [2.75, 3.05) is 6.61 Å². The quantitative estimate of drug-likeness (QED) is 0.904. The van der Waals surface area contributed by atoms with Crippen molar-refractivity contribution < 1.29 is 9.15 Å². The fourth-order valence-electron chi connectivity index (χ4n) is 1.85. The Labute approximate surface area is 120 Å². The first-order chi connectivity index (χ1) is 9.49. The Morgan fingerprint density at radius 1 is 1.20 bits per heavy atom. The summed E-state index contributed by atoms with van der Waals surface area (Å²) in [5.74, 6) is 1.68. The van der Waals surface area contributed by atoms with Crippen LogP contribution in [0.2, 0.25) is 0 Å². The molecule has 0 aliphatic carbocycles. The lowest BCUT2D eigenvalue weighted by Gasteiger charge is -2.19. The molecule has 2 aromatic rings. The summed E-state index contributed by atoms with van der Waals surface area (Å²) in [6.45, 7) is 9.71. The molecule has 0 aliphatic heterocycles. The second-order valence-electron chi connectivity index (χ2n) is 5.69. The van der Waals surface area contributed by atoms with Crippen LogP contribution in [0.5, 0.6) is 5.75 Å². The molecule has 20 heavy (non-hydrogen) atoms. The molecule has 0 saturated heterocycles. The number of nitrogens with zero attached hydrogens (tertiary/aromatic N) is 1. The van der Waals surface area contributed by atoms with E-state index in [9.17, 15) is 0 Å². The zero-order valence-corrected chi connectivity index (χ0v) is 12.6. The molecule has 0 unspecified atom stereocenters. The van der Waals surface area contributed by atoms with E-state index in [0.29, 0.717) is 13.2 Å². The summed E-state index contributed by atoms with van der Waals surface area (Å²) in [5, 5.41) is 3.42. The van der Waals surface area contributed by atoms with E-state index in [2.05, 4.69) is 31.1 Å². The van der Waals surface area contributed by atoms with Crippen LogP contribution in [0.15, 0.2) is 35.1 Å². The fourth-order valence-corrected chi connectivity index (χ4v) is 1.85. The molecule has 0 radical (unpaired) electrons. The van der Waals surface area contributed by atoms with Crippen LogP contribution in [0.4, 0.5) is 0 Å². The summed E-state index contributed by atoms with van der Waals surface area (Å²) in [5.41, 5.74) is 1.98. The Kier molecular flexibility index (Phi) is 4.45. The van der Waals surface area contributed by atoms with E-state index in [1.807, 2.05) is 31.2 Å². The van der Waals surface area contributed by atoms with Crippen molar-refractivity contribution in [2.24, 2.45) is 0 Å². The summed E-state index contributed by atoms with van der Waals surface area (Å²) in [4.78, 5) is 4.29. The third-order valence-corrected chi connectivity index (χ3v) is 2.85. The van der Waals surface area contributed by atoms with Crippen molar-refractivity contribution in [3.05, 3.63) is 36.4 Å². The lowest BCUT2D eigenvalue weighted by atomic mass is 10.1. The Morgan fingerprint density at radius 3 is 2.50 bits per heavy atom. The van der Waals surface area contributed by atoms with Gasteiger partial charge in [-0.05, 0) is 52.0 Å². The zero-order chi connectivity index (χ0) is 14.6. The van der Waals surface area contributed by atoms with Gasteiger partial charge in [-0.1, -0.05) is 0 Å². The standard InChI is InChI=1S/C16H22N2O2/c1-5-19-13-8-6-12(7-9-13)15-14(17-11-20-15)10-18-16(2,3)4/h6-9,11,18H,5,10H2,1-4H3. The molecule has 0 aliphatic rings. The van der Waals surface area contributed by atoms with Gasteiger partial charge >= 0.3 is 0 Å². The summed E-state index contributed by atoms with van der Waals surface area (Å²) in [6, 6.07) is 7.88. The topological polar surface area (TPSA) is 47.3 Å². The van der Waals surface area contributed by atoms with Gasteiger partial charge in [0.25, 0.3) is 0 Å². The highest BCUT2D eigenvalue weighted by atomic mass is 16.5. The SMILES string of the molecule is CCOc1ccc(-c2ocnc2CNC(C)(C)C)cc1. The van der Waals surface area contributed by atoms with Gasteiger partial charge in [-0.3, -0.25) is 0 Å². The lowest BCUT2D eigenvalue weighted by molar-refractivity contribution is 0.340. The van der Waals surface area contributed by atoms with E-state index in [-0.39, 0.29) is 5.54 Å². The van der Waals surface area contributed by atoms with Crippen molar-refractivity contribution in [3.8, 4) is 17.1 Å². The average Bonchev–Trinajstić information content (AvgIpc) is 2.85. The van der Waals surface area contributed by atoms with Gasteiger partial charge in [0.2, 0.25) is 0 Å². The minimum absolute atomic E-state index is 0.0506. The monoisotopic (exact) mass is 274 g/mol. The number of rotatable bonds is 5. The number of aromatic nitrogens is 1. The largest absolute Gasteiger partial charge is 0.494 e. The zero-order valence-electron chi connectivity index (χ0n) is 12.6. The van der Waals surface area contributed by atoms with E-state index >= 15 is 0 Å². The highest BCUT2D eigenvalue weighted by molar-refractivity contribution is 5.60. The molecule has 4 nitrogen and oxygen atoms in total. The number of hydrogen-bond donors (Lipinski definition) is 1. The maximum atomic E-state index is 5.52. The first-order valence-corrected chi connectivity index (χ1v) is 6.90. The van der Waals surface area contributed by atoms with Crippen LogP contribution in [-0.4, -0.2) is 17.1 Å². The maximum Gasteiger partial charge on any atom is 0.181 e. The predicted octanol–water partition coefficient (Wildman–Crippen LogP) is 3.63. The van der Waals surface area contributed by atoms with Crippen LogP contribution in [0.3, 0.4) is 0 Å². The first kappa shape index (κ1) is 14.6. The minimum atomic E-state index is 0.0506. The Morgan fingerprint density at radius 2 is 1.90 bits per heavy atom. The van der Waals surface area contributed by atoms with Gasteiger partial charge in [-0.2, -0.15) is 0 Å². The lowest BCUT2D eigenvalue weighted by Crippen LogP contribution is -2.35. The number of ether oxygens (including phenoxy) is 1. The molecule has 0 saturated carbocycles. The first-order valence-electron chi connectivity index (χ1n) is 6.90. The molecule has 2 rings (SSSR count). The number of nitrogens with one attached hydrogen (secondary N) is 1. The molecule has 1 heterocycles. The second kappa shape index (κ2) is 6.09. The molecule has 0 amide bonds. The van der Waals surface area contributed by atoms with Crippen LogP contribution in [0, 0.1) is 0 Å². The van der Waals surface area contributed by atoms with Crippen molar-refractivity contribution in [1.29, 1.82) is 0 Å². The number of benzene rings is 1. The molecule has 0 bridgehead atoms. The van der Waals surface area contributed by atoms with Gasteiger partial charge in [-0.15, -0.1) is 0 Å². The van der Waals surface area contributed by atoms with Crippen LogP contribution in [0.25, 0.3) is 11.3 Å². The number of oxazole rings is 1. The summed E-state index contributed by atoms with van der Waals surface area (Å²) >= 11 is 0. The normalized spacial score (nSPS) is 11.6. The second-order valence-corrected chi connectivity index (χ2v) is 5.69. The highest BCUT2D eigenvalue weighted by Crippen LogP contribution is 2.25. The smallest absolute Gasteiger partial charge is 0.181 e.